The van der Waals surface area contributed by atoms with Gasteiger partial charge in [0.25, 0.3) is 5.91 Å². The SMILES string of the molecule is O=C(Nc1ccccc1Cl)c1cc(-c2ccccc2)no1. The van der Waals surface area contributed by atoms with E-state index in [9.17, 15) is 4.79 Å². The van der Waals surface area contributed by atoms with Crippen molar-refractivity contribution in [2.45, 2.75) is 0 Å². The molecule has 0 fully saturated rings. The van der Waals surface area contributed by atoms with E-state index >= 15 is 0 Å². The van der Waals surface area contributed by atoms with Crippen LogP contribution in [0.1, 0.15) is 10.6 Å². The Morgan fingerprint density at radius 3 is 2.52 bits per heavy atom. The van der Waals surface area contributed by atoms with Gasteiger partial charge in [-0.2, -0.15) is 0 Å². The van der Waals surface area contributed by atoms with Gasteiger partial charge in [-0.3, -0.25) is 4.79 Å². The fourth-order valence-electron chi connectivity index (χ4n) is 1.87. The molecule has 1 aromatic heterocycles. The fourth-order valence-corrected chi connectivity index (χ4v) is 2.06. The lowest BCUT2D eigenvalue weighted by Crippen LogP contribution is -2.11. The molecular formula is C16H11ClN2O2. The Morgan fingerprint density at radius 2 is 1.76 bits per heavy atom. The summed E-state index contributed by atoms with van der Waals surface area (Å²) in [5.74, 6) is -0.258. The maximum atomic E-state index is 12.1. The standard InChI is InChI=1S/C16H11ClN2O2/c17-12-8-4-5-9-13(12)18-16(20)15-10-14(19-21-15)11-6-2-1-3-7-11/h1-10H,(H,18,20). The highest BCUT2D eigenvalue weighted by molar-refractivity contribution is 6.33. The molecule has 0 saturated heterocycles. The molecule has 3 aromatic rings. The van der Waals surface area contributed by atoms with Crippen LogP contribution < -0.4 is 5.32 Å². The van der Waals surface area contributed by atoms with E-state index in [1.54, 1.807) is 30.3 Å². The van der Waals surface area contributed by atoms with Crippen LogP contribution in [0, 0.1) is 0 Å². The zero-order chi connectivity index (χ0) is 14.7. The molecule has 21 heavy (non-hydrogen) atoms. The van der Waals surface area contributed by atoms with E-state index in [-0.39, 0.29) is 5.76 Å². The summed E-state index contributed by atoms with van der Waals surface area (Å²) in [6.45, 7) is 0. The zero-order valence-electron chi connectivity index (χ0n) is 10.9. The molecule has 104 valence electrons. The molecule has 4 nitrogen and oxygen atoms in total. The first-order valence-electron chi connectivity index (χ1n) is 6.32. The molecule has 5 heteroatoms. The van der Waals surface area contributed by atoms with Gasteiger partial charge in [-0.15, -0.1) is 0 Å². The molecule has 0 radical (unpaired) electrons. The maximum Gasteiger partial charge on any atom is 0.294 e. The predicted molar refractivity (Wildman–Crippen MR) is 81.3 cm³/mol. The highest BCUT2D eigenvalue weighted by Crippen LogP contribution is 2.23. The molecule has 3 rings (SSSR count). The molecule has 0 aliphatic heterocycles. The third kappa shape index (κ3) is 2.95. The number of carbonyl (C=O) groups excluding carboxylic acids is 1. The van der Waals surface area contributed by atoms with Gasteiger partial charge in [0, 0.05) is 11.6 Å². The third-order valence-corrected chi connectivity index (χ3v) is 3.26. The summed E-state index contributed by atoms with van der Waals surface area (Å²) < 4.78 is 5.09. The van der Waals surface area contributed by atoms with E-state index in [4.69, 9.17) is 16.1 Å². The second-order valence-electron chi connectivity index (χ2n) is 4.38. The number of rotatable bonds is 3. The first kappa shape index (κ1) is 13.4. The number of anilines is 1. The number of nitrogens with one attached hydrogen (secondary N) is 1. The van der Waals surface area contributed by atoms with Gasteiger partial charge in [0.1, 0.15) is 5.69 Å². The lowest BCUT2D eigenvalue weighted by Gasteiger charge is -2.03. The summed E-state index contributed by atoms with van der Waals surface area (Å²) >= 11 is 6.00. The highest BCUT2D eigenvalue weighted by atomic mass is 35.5. The lowest BCUT2D eigenvalue weighted by molar-refractivity contribution is 0.0988. The molecule has 1 N–H and O–H groups in total. The van der Waals surface area contributed by atoms with Crippen LogP contribution in [0.4, 0.5) is 5.69 Å². The summed E-state index contributed by atoms with van der Waals surface area (Å²) in [4.78, 5) is 12.1. The van der Waals surface area contributed by atoms with E-state index in [2.05, 4.69) is 10.5 Å². The lowest BCUT2D eigenvalue weighted by atomic mass is 10.1. The molecule has 2 aromatic carbocycles. The third-order valence-electron chi connectivity index (χ3n) is 2.93. The van der Waals surface area contributed by atoms with Crippen LogP contribution in [-0.4, -0.2) is 11.1 Å². The van der Waals surface area contributed by atoms with Gasteiger partial charge in [0.05, 0.1) is 10.7 Å². The van der Waals surface area contributed by atoms with Crippen LogP contribution in [-0.2, 0) is 0 Å². The second kappa shape index (κ2) is 5.81. The van der Waals surface area contributed by atoms with Gasteiger partial charge in [-0.05, 0) is 12.1 Å². The van der Waals surface area contributed by atoms with Crippen molar-refractivity contribution in [3.8, 4) is 11.3 Å². The van der Waals surface area contributed by atoms with E-state index in [0.717, 1.165) is 5.56 Å². The molecule has 0 atom stereocenters. The van der Waals surface area contributed by atoms with Crippen molar-refractivity contribution in [3.05, 3.63) is 71.4 Å². The van der Waals surface area contributed by atoms with Crippen LogP contribution in [0.15, 0.2) is 65.2 Å². The Hall–Kier alpha value is -2.59. The van der Waals surface area contributed by atoms with E-state index < -0.39 is 5.91 Å². The molecular weight excluding hydrogens is 288 g/mol. The zero-order valence-corrected chi connectivity index (χ0v) is 11.7. The molecule has 0 aliphatic rings. The van der Waals surface area contributed by atoms with Crippen LogP contribution >= 0.6 is 11.6 Å². The highest BCUT2D eigenvalue weighted by Gasteiger charge is 2.15. The van der Waals surface area contributed by atoms with Crippen LogP contribution in [0.2, 0.25) is 5.02 Å². The molecule has 0 aliphatic carbocycles. The van der Waals surface area contributed by atoms with Crippen molar-refractivity contribution >= 4 is 23.2 Å². The van der Waals surface area contributed by atoms with Crippen molar-refractivity contribution in [1.29, 1.82) is 0 Å². The molecule has 0 saturated carbocycles. The van der Waals surface area contributed by atoms with Crippen molar-refractivity contribution < 1.29 is 9.32 Å². The van der Waals surface area contributed by atoms with Crippen LogP contribution in [0.5, 0.6) is 0 Å². The Balaban J connectivity index is 1.80. The Labute approximate surface area is 126 Å². The summed E-state index contributed by atoms with van der Waals surface area (Å²) in [6, 6.07) is 18.1. The average Bonchev–Trinajstić information content (AvgIpc) is 3.00. The van der Waals surface area contributed by atoms with Gasteiger partial charge in [-0.25, -0.2) is 0 Å². The van der Waals surface area contributed by atoms with Gasteiger partial charge < -0.3 is 9.84 Å². The number of hydrogen-bond donors (Lipinski definition) is 1. The van der Waals surface area contributed by atoms with E-state index in [0.29, 0.717) is 16.4 Å². The largest absolute Gasteiger partial charge is 0.350 e. The molecule has 0 bridgehead atoms. The van der Waals surface area contributed by atoms with Crippen LogP contribution in [0.25, 0.3) is 11.3 Å². The Morgan fingerprint density at radius 1 is 1.05 bits per heavy atom. The van der Waals surface area contributed by atoms with Crippen molar-refractivity contribution in [2.75, 3.05) is 5.32 Å². The van der Waals surface area contributed by atoms with E-state index in [1.807, 2.05) is 30.3 Å². The Bertz CT molecular complexity index is 769. The van der Waals surface area contributed by atoms with Gasteiger partial charge in [0.2, 0.25) is 5.76 Å². The van der Waals surface area contributed by atoms with Gasteiger partial charge in [-0.1, -0.05) is 59.2 Å². The number of para-hydroxylation sites is 1. The quantitative estimate of drug-likeness (QED) is 0.786. The van der Waals surface area contributed by atoms with Crippen molar-refractivity contribution in [2.24, 2.45) is 0 Å². The molecule has 1 amide bonds. The summed E-state index contributed by atoms with van der Waals surface area (Å²) in [6.07, 6.45) is 0. The minimum atomic E-state index is -0.391. The number of carbonyl (C=O) groups is 1. The fraction of sp³-hybridized carbons (Fsp3) is 0. The van der Waals surface area contributed by atoms with Crippen molar-refractivity contribution in [1.82, 2.24) is 5.16 Å². The molecule has 1 heterocycles. The number of benzene rings is 2. The topological polar surface area (TPSA) is 55.1 Å². The summed E-state index contributed by atoms with van der Waals surface area (Å²) in [7, 11) is 0. The monoisotopic (exact) mass is 298 g/mol. The van der Waals surface area contributed by atoms with Crippen molar-refractivity contribution in [3.63, 3.8) is 0 Å². The number of aromatic nitrogens is 1. The maximum absolute atomic E-state index is 12.1. The average molecular weight is 299 g/mol. The van der Waals surface area contributed by atoms with E-state index in [1.165, 1.54) is 0 Å². The smallest absolute Gasteiger partial charge is 0.294 e. The van der Waals surface area contributed by atoms with Gasteiger partial charge >= 0.3 is 0 Å². The summed E-state index contributed by atoms with van der Waals surface area (Å²) in [5, 5.41) is 7.06. The minimum Gasteiger partial charge on any atom is -0.350 e. The van der Waals surface area contributed by atoms with Crippen LogP contribution in [0.3, 0.4) is 0 Å². The first-order valence-corrected chi connectivity index (χ1v) is 6.70. The minimum absolute atomic E-state index is 0.133. The van der Waals surface area contributed by atoms with Gasteiger partial charge in [0.15, 0.2) is 0 Å². The molecule has 0 spiro atoms. The predicted octanol–water partition coefficient (Wildman–Crippen LogP) is 4.25. The second-order valence-corrected chi connectivity index (χ2v) is 4.78. The first-order chi connectivity index (χ1) is 10.2. The summed E-state index contributed by atoms with van der Waals surface area (Å²) in [5.41, 5.74) is 2.03. The Kier molecular flexibility index (Phi) is 3.71. The number of amides is 1. The molecule has 0 unspecified atom stereocenters. The number of halogens is 1. The normalized spacial score (nSPS) is 10.3. The number of nitrogens with zero attached hydrogens (tertiary/aromatic N) is 1. The number of hydrogen-bond acceptors (Lipinski definition) is 3.